The third-order valence-corrected chi connectivity index (χ3v) is 4.24. The minimum absolute atomic E-state index is 0.0127. The SMILES string of the molecule is NC(=O)CSc1nnc(Cc2cc(=O)[nH]c(=O)[nH]2)n1-c1ccc(F)cc1. The van der Waals surface area contributed by atoms with Gasteiger partial charge in [-0.1, -0.05) is 11.8 Å². The third kappa shape index (κ3) is 4.06. The van der Waals surface area contributed by atoms with E-state index >= 15 is 0 Å². The van der Waals surface area contributed by atoms with E-state index in [4.69, 9.17) is 5.73 Å². The molecule has 11 heteroatoms. The van der Waals surface area contributed by atoms with E-state index in [2.05, 4.69) is 20.2 Å². The van der Waals surface area contributed by atoms with E-state index in [0.717, 1.165) is 11.8 Å². The minimum atomic E-state index is -0.635. The van der Waals surface area contributed by atoms with Crippen molar-refractivity contribution in [2.45, 2.75) is 11.6 Å². The number of amides is 1. The summed E-state index contributed by atoms with van der Waals surface area (Å²) in [6.45, 7) is 0. The average Bonchev–Trinajstić information content (AvgIpc) is 2.95. The molecule has 1 aromatic carbocycles. The summed E-state index contributed by atoms with van der Waals surface area (Å²) in [5, 5.41) is 8.46. The average molecular weight is 376 g/mol. The Hall–Kier alpha value is -3.21. The fourth-order valence-corrected chi connectivity index (χ4v) is 2.99. The molecule has 2 heterocycles. The molecule has 0 aliphatic heterocycles. The van der Waals surface area contributed by atoms with E-state index in [1.54, 1.807) is 4.57 Å². The molecule has 0 unspecified atom stereocenters. The standard InChI is InChI=1S/C15H13FN6O3S/c16-8-1-3-10(4-2-8)22-12(20-21-15(22)26-7-11(17)23)5-9-6-13(24)19-14(25)18-9/h1-4,6H,5,7H2,(H2,17,23)(H2,18,19,24,25). The molecule has 0 radical (unpaired) electrons. The second-order valence-corrected chi connectivity index (χ2v) is 6.20. The van der Waals surface area contributed by atoms with Crippen LogP contribution < -0.4 is 17.0 Å². The highest BCUT2D eigenvalue weighted by molar-refractivity contribution is 7.99. The number of H-pyrrole nitrogens is 2. The monoisotopic (exact) mass is 376 g/mol. The largest absolute Gasteiger partial charge is 0.369 e. The molecule has 0 fully saturated rings. The highest BCUT2D eigenvalue weighted by Gasteiger charge is 2.16. The van der Waals surface area contributed by atoms with E-state index < -0.39 is 23.0 Å². The van der Waals surface area contributed by atoms with Crippen LogP contribution in [0, 0.1) is 5.82 Å². The van der Waals surface area contributed by atoms with Crippen molar-refractivity contribution in [1.82, 2.24) is 24.7 Å². The third-order valence-electron chi connectivity index (χ3n) is 3.29. The molecule has 0 aliphatic carbocycles. The quantitative estimate of drug-likeness (QED) is 0.516. The molecule has 134 valence electrons. The molecule has 0 saturated heterocycles. The summed E-state index contributed by atoms with van der Waals surface area (Å²) in [5.74, 6) is -0.552. The lowest BCUT2D eigenvalue weighted by molar-refractivity contribution is -0.115. The fourth-order valence-electron chi connectivity index (χ4n) is 2.28. The van der Waals surface area contributed by atoms with E-state index in [1.165, 1.54) is 30.3 Å². The second kappa shape index (κ2) is 7.35. The topological polar surface area (TPSA) is 140 Å². The zero-order valence-corrected chi connectivity index (χ0v) is 14.0. The van der Waals surface area contributed by atoms with Crippen molar-refractivity contribution in [2.24, 2.45) is 5.73 Å². The van der Waals surface area contributed by atoms with Crippen molar-refractivity contribution in [1.29, 1.82) is 0 Å². The van der Waals surface area contributed by atoms with Crippen molar-refractivity contribution in [2.75, 3.05) is 5.75 Å². The van der Waals surface area contributed by atoms with Gasteiger partial charge in [0, 0.05) is 23.9 Å². The molecule has 9 nitrogen and oxygen atoms in total. The van der Waals surface area contributed by atoms with Crippen LogP contribution in [0.2, 0.25) is 0 Å². The van der Waals surface area contributed by atoms with Gasteiger partial charge in [-0.15, -0.1) is 10.2 Å². The van der Waals surface area contributed by atoms with Crippen LogP contribution in [0.4, 0.5) is 4.39 Å². The number of rotatable bonds is 6. The number of thioether (sulfide) groups is 1. The summed E-state index contributed by atoms with van der Waals surface area (Å²) in [6, 6.07) is 6.84. The van der Waals surface area contributed by atoms with Crippen LogP contribution >= 0.6 is 11.8 Å². The predicted molar refractivity (Wildman–Crippen MR) is 91.7 cm³/mol. The Morgan fingerprint density at radius 1 is 1.19 bits per heavy atom. The summed E-state index contributed by atoms with van der Waals surface area (Å²) >= 11 is 1.07. The van der Waals surface area contributed by atoms with Crippen molar-refractivity contribution in [3.63, 3.8) is 0 Å². The highest BCUT2D eigenvalue weighted by Crippen LogP contribution is 2.23. The molecule has 2 aromatic heterocycles. The number of nitrogens with zero attached hydrogens (tertiary/aromatic N) is 3. The first-order chi connectivity index (χ1) is 12.4. The van der Waals surface area contributed by atoms with Gasteiger partial charge in [0.2, 0.25) is 5.91 Å². The number of halogens is 1. The number of carbonyl (C=O) groups excluding carboxylic acids is 1. The lowest BCUT2D eigenvalue weighted by atomic mass is 10.2. The Balaban J connectivity index is 2.03. The van der Waals surface area contributed by atoms with Gasteiger partial charge < -0.3 is 10.7 Å². The Bertz CT molecular complexity index is 1030. The Morgan fingerprint density at radius 3 is 2.58 bits per heavy atom. The zero-order chi connectivity index (χ0) is 18.7. The van der Waals surface area contributed by atoms with Crippen molar-refractivity contribution in [3.05, 3.63) is 68.5 Å². The van der Waals surface area contributed by atoms with Gasteiger partial charge in [-0.3, -0.25) is 19.1 Å². The number of nitrogens with two attached hydrogens (primary N) is 1. The van der Waals surface area contributed by atoms with Crippen LogP contribution in [0.5, 0.6) is 0 Å². The summed E-state index contributed by atoms with van der Waals surface area (Å²) in [4.78, 5) is 38.5. The van der Waals surface area contributed by atoms with Gasteiger partial charge in [0.1, 0.15) is 11.6 Å². The van der Waals surface area contributed by atoms with Crippen LogP contribution in [0.25, 0.3) is 5.69 Å². The van der Waals surface area contributed by atoms with Gasteiger partial charge in [-0.25, -0.2) is 9.18 Å². The first kappa shape index (κ1) is 17.6. The van der Waals surface area contributed by atoms with Crippen molar-refractivity contribution in [3.8, 4) is 5.69 Å². The molecule has 1 amide bonds. The summed E-state index contributed by atoms with van der Waals surface area (Å²) in [5.41, 5.74) is 4.89. The zero-order valence-electron chi connectivity index (χ0n) is 13.2. The summed E-state index contributed by atoms with van der Waals surface area (Å²) in [6.07, 6.45) is 0.0979. The van der Waals surface area contributed by atoms with E-state index in [9.17, 15) is 18.8 Å². The molecule has 0 aliphatic rings. The van der Waals surface area contributed by atoms with E-state index in [1.807, 2.05) is 0 Å². The van der Waals surface area contributed by atoms with Gasteiger partial charge in [-0.2, -0.15) is 0 Å². The smallest absolute Gasteiger partial charge is 0.325 e. The molecule has 3 rings (SSSR count). The maximum atomic E-state index is 13.2. The number of aromatic amines is 2. The van der Waals surface area contributed by atoms with Crippen LogP contribution in [-0.2, 0) is 11.2 Å². The number of primary amides is 1. The van der Waals surface area contributed by atoms with Crippen LogP contribution in [0.15, 0.2) is 45.1 Å². The first-order valence-electron chi connectivity index (χ1n) is 7.36. The Kier molecular flexibility index (Phi) is 4.98. The molecule has 0 spiro atoms. The molecular formula is C15H13FN6O3S. The number of aromatic nitrogens is 5. The number of hydrogen-bond acceptors (Lipinski definition) is 6. The van der Waals surface area contributed by atoms with Crippen LogP contribution in [0.1, 0.15) is 11.5 Å². The maximum absolute atomic E-state index is 13.2. The van der Waals surface area contributed by atoms with E-state index in [0.29, 0.717) is 22.4 Å². The van der Waals surface area contributed by atoms with Gasteiger partial charge in [-0.05, 0) is 24.3 Å². The lowest BCUT2D eigenvalue weighted by Gasteiger charge is -2.10. The first-order valence-corrected chi connectivity index (χ1v) is 8.35. The predicted octanol–water partition coefficient (Wildman–Crippen LogP) is -0.0488. The fraction of sp³-hybridized carbons (Fsp3) is 0.133. The normalized spacial score (nSPS) is 10.8. The molecule has 0 atom stereocenters. The summed E-state index contributed by atoms with van der Waals surface area (Å²) < 4.78 is 14.8. The number of benzene rings is 1. The van der Waals surface area contributed by atoms with Gasteiger partial charge in [0.25, 0.3) is 5.56 Å². The molecule has 26 heavy (non-hydrogen) atoms. The van der Waals surface area contributed by atoms with Crippen LogP contribution in [0.3, 0.4) is 0 Å². The van der Waals surface area contributed by atoms with Gasteiger partial charge >= 0.3 is 5.69 Å². The van der Waals surface area contributed by atoms with Gasteiger partial charge in [0.15, 0.2) is 5.16 Å². The maximum Gasteiger partial charge on any atom is 0.325 e. The molecule has 4 N–H and O–H groups in total. The highest BCUT2D eigenvalue weighted by atomic mass is 32.2. The minimum Gasteiger partial charge on any atom is -0.369 e. The molecule has 3 aromatic rings. The molecule has 0 bridgehead atoms. The Morgan fingerprint density at radius 2 is 1.92 bits per heavy atom. The Labute approximate surface area is 149 Å². The molecule has 0 saturated carbocycles. The van der Waals surface area contributed by atoms with Crippen LogP contribution in [-0.4, -0.2) is 36.4 Å². The van der Waals surface area contributed by atoms with Crippen molar-refractivity contribution < 1.29 is 9.18 Å². The van der Waals surface area contributed by atoms with E-state index in [-0.39, 0.29) is 12.2 Å². The number of nitrogens with one attached hydrogen (secondary N) is 2. The lowest BCUT2D eigenvalue weighted by Crippen LogP contribution is -2.23. The second-order valence-electron chi connectivity index (χ2n) is 5.26. The number of hydrogen-bond donors (Lipinski definition) is 3. The molecular weight excluding hydrogens is 363 g/mol. The van der Waals surface area contributed by atoms with Crippen molar-refractivity contribution >= 4 is 17.7 Å². The summed E-state index contributed by atoms with van der Waals surface area (Å²) in [7, 11) is 0. The van der Waals surface area contributed by atoms with Gasteiger partial charge in [0.05, 0.1) is 5.75 Å². The number of carbonyl (C=O) groups is 1.